The summed E-state index contributed by atoms with van der Waals surface area (Å²) in [6.45, 7) is 3.47. The first-order chi connectivity index (χ1) is 18.8. The molecule has 0 saturated carbocycles. The zero-order valence-electron chi connectivity index (χ0n) is 22.5. The highest BCUT2D eigenvalue weighted by Crippen LogP contribution is 2.25. The van der Waals surface area contributed by atoms with E-state index in [9.17, 15) is 26.8 Å². The fourth-order valence-electron chi connectivity index (χ4n) is 4.02. The van der Waals surface area contributed by atoms with Gasteiger partial charge < -0.3 is 10.2 Å². The number of rotatable bonds is 12. The van der Waals surface area contributed by atoms with Gasteiger partial charge in [-0.25, -0.2) is 17.2 Å². The molecule has 0 aliphatic carbocycles. The molecule has 0 saturated heterocycles. The molecule has 2 amide bonds. The van der Waals surface area contributed by atoms with Crippen LogP contribution in [-0.2, 0) is 32.6 Å². The van der Waals surface area contributed by atoms with Gasteiger partial charge in [-0.3, -0.25) is 13.9 Å². The van der Waals surface area contributed by atoms with Crippen LogP contribution in [0.5, 0.6) is 0 Å². The normalized spacial score (nSPS) is 12.2. The molecule has 0 bridgehead atoms. The first kappa shape index (κ1) is 31.0. The highest BCUT2D eigenvalue weighted by Gasteiger charge is 2.33. The summed E-state index contributed by atoms with van der Waals surface area (Å²) in [4.78, 5) is 28.7. The standard InChI is InChI=1S/C29H32ClF2N3O4S/c1-20(2)17-33-29(37)27(15-21-7-5-4-6-8-21)34(18-22-9-11-23(31)12-10-22)28(36)19-35(40(3,38)39)24-13-14-26(32)25(30)16-24/h4-14,16,20,27H,15,17-19H2,1-3H3,(H,33,37)/t27-/m0/s1. The average Bonchev–Trinajstić information content (AvgIpc) is 2.90. The van der Waals surface area contributed by atoms with Crippen molar-refractivity contribution in [1.82, 2.24) is 10.2 Å². The summed E-state index contributed by atoms with van der Waals surface area (Å²) in [6.07, 6.45) is 1.07. The summed E-state index contributed by atoms with van der Waals surface area (Å²) in [5.41, 5.74) is 1.32. The van der Waals surface area contributed by atoms with Crippen molar-refractivity contribution in [2.24, 2.45) is 5.92 Å². The molecule has 0 heterocycles. The number of carbonyl (C=O) groups is 2. The molecule has 1 N–H and O–H groups in total. The number of hydrogen-bond donors (Lipinski definition) is 1. The van der Waals surface area contributed by atoms with E-state index in [4.69, 9.17) is 11.6 Å². The van der Waals surface area contributed by atoms with Crippen molar-refractivity contribution in [3.63, 3.8) is 0 Å². The molecule has 0 fully saturated rings. The maximum Gasteiger partial charge on any atom is 0.244 e. The molecule has 3 aromatic carbocycles. The van der Waals surface area contributed by atoms with Crippen molar-refractivity contribution in [1.29, 1.82) is 0 Å². The monoisotopic (exact) mass is 591 g/mol. The third kappa shape index (κ3) is 8.76. The van der Waals surface area contributed by atoms with Crippen molar-refractivity contribution < 1.29 is 26.8 Å². The van der Waals surface area contributed by atoms with Crippen LogP contribution in [0.15, 0.2) is 72.8 Å². The molecular formula is C29H32ClF2N3O4S. The number of nitrogens with one attached hydrogen (secondary N) is 1. The minimum Gasteiger partial charge on any atom is -0.354 e. The number of anilines is 1. The first-order valence-corrected chi connectivity index (χ1v) is 14.9. The lowest BCUT2D eigenvalue weighted by Gasteiger charge is -2.33. The molecule has 0 aliphatic heterocycles. The summed E-state index contributed by atoms with van der Waals surface area (Å²) in [5.74, 6) is -2.16. The predicted molar refractivity (Wildman–Crippen MR) is 152 cm³/mol. The molecule has 0 unspecified atom stereocenters. The van der Waals surface area contributed by atoms with Crippen LogP contribution in [-0.4, -0.2) is 50.5 Å². The van der Waals surface area contributed by atoms with Crippen LogP contribution in [0.25, 0.3) is 0 Å². The van der Waals surface area contributed by atoms with Crippen molar-refractivity contribution >= 4 is 39.1 Å². The largest absolute Gasteiger partial charge is 0.354 e. The summed E-state index contributed by atoms with van der Waals surface area (Å²) in [5, 5.41) is 2.57. The van der Waals surface area contributed by atoms with Gasteiger partial charge in [0.25, 0.3) is 0 Å². The predicted octanol–water partition coefficient (Wildman–Crippen LogP) is 4.80. The van der Waals surface area contributed by atoms with E-state index in [1.54, 1.807) is 0 Å². The number of amides is 2. The maximum absolute atomic E-state index is 13.9. The van der Waals surface area contributed by atoms with E-state index in [1.165, 1.54) is 35.2 Å². The fourth-order valence-corrected chi connectivity index (χ4v) is 5.03. The van der Waals surface area contributed by atoms with Gasteiger partial charge in [0.05, 0.1) is 17.0 Å². The van der Waals surface area contributed by atoms with E-state index in [1.807, 2.05) is 44.2 Å². The third-order valence-corrected chi connectivity index (χ3v) is 7.52. The van der Waals surface area contributed by atoms with Crippen molar-refractivity contribution in [3.8, 4) is 0 Å². The van der Waals surface area contributed by atoms with Gasteiger partial charge in [0.1, 0.15) is 24.2 Å². The second kappa shape index (κ2) is 13.7. The van der Waals surface area contributed by atoms with Gasteiger partial charge >= 0.3 is 0 Å². The Kier molecular flexibility index (Phi) is 10.6. The molecule has 0 spiro atoms. The molecule has 0 radical (unpaired) electrons. The first-order valence-electron chi connectivity index (χ1n) is 12.6. The quantitative estimate of drug-likeness (QED) is 0.328. The number of benzene rings is 3. The van der Waals surface area contributed by atoms with Crippen LogP contribution in [0.2, 0.25) is 5.02 Å². The Bertz CT molecular complexity index is 1420. The fraction of sp³-hybridized carbons (Fsp3) is 0.310. The zero-order chi connectivity index (χ0) is 29.4. The summed E-state index contributed by atoms with van der Waals surface area (Å²) in [6, 6.07) is 16.9. The topological polar surface area (TPSA) is 86.8 Å². The highest BCUT2D eigenvalue weighted by molar-refractivity contribution is 7.92. The summed E-state index contributed by atoms with van der Waals surface area (Å²) < 4.78 is 53.7. The van der Waals surface area contributed by atoms with E-state index >= 15 is 0 Å². The summed E-state index contributed by atoms with van der Waals surface area (Å²) in [7, 11) is -4.03. The minimum absolute atomic E-state index is 0.00662. The molecule has 40 heavy (non-hydrogen) atoms. The van der Waals surface area contributed by atoms with Crippen molar-refractivity contribution in [2.75, 3.05) is 23.7 Å². The van der Waals surface area contributed by atoms with Gasteiger partial charge in [-0.05, 0) is 47.4 Å². The number of carbonyl (C=O) groups excluding carboxylic acids is 2. The Hall–Kier alpha value is -3.50. The SMILES string of the molecule is CC(C)CNC(=O)[C@H](Cc1ccccc1)N(Cc1ccc(F)cc1)C(=O)CN(c1ccc(F)c(Cl)c1)S(C)(=O)=O. The van der Waals surface area contributed by atoms with E-state index in [0.29, 0.717) is 12.1 Å². The molecular weight excluding hydrogens is 560 g/mol. The molecule has 0 aliphatic rings. The van der Waals surface area contributed by atoms with Crippen LogP contribution in [0.4, 0.5) is 14.5 Å². The van der Waals surface area contributed by atoms with E-state index < -0.39 is 46.1 Å². The molecule has 11 heteroatoms. The summed E-state index contributed by atoms with van der Waals surface area (Å²) >= 11 is 5.89. The number of hydrogen-bond acceptors (Lipinski definition) is 4. The molecule has 7 nitrogen and oxygen atoms in total. The second-order valence-corrected chi connectivity index (χ2v) is 12.2. The van der Waals surface area contributed by atoms with E-state index in [-0.39, 0.29) is 29.6 Å². The molecule has 0 aromatic heterocycles. The van der Waals surface area contributed by atoms with Gasteiger partial charge in [-0.15, -0.1) is 0 Å². The van der Waals surface area contributed by atoms with Crippen molar-refractivity contribution in [3.05, 3.63) is 101 Å². The Morgan fingerprint density at radius 3 is 2.17 bits per heavy atom. The average molecular weight is 592 g/mol. The number of sulfonamides is 1. The smallest absolute Gasteiger partial charge is 0.244 e. The van der Waals surface area contributed by atoms with Crippen LogP contribution in [0, 0.1) is 17.6 Å². The van der Waals surface area contributed by atoms with Crippen LogP contribution < -0.4 is 9.62 Å². The van der Waals surface area contributed by atoms with Gasteiger partial charge in [0.2, 0.25) is 21.8 Å². The minimum atomic E-state index is -4.03. The number of halogens is 3. The van der Waals surface area contributed by atoms with Gasteiger partial charge in [-0.1, -0.05) is 67.9 Å². The molecule has 214 valence electrons. The van der Waals surface area contributed by atoms with E-state index in [2.05, 4.69) is 5.32 Å². The van der Waals surface area contributed by atoms with Crippen LogP contribution in [0.1, 0.15) is 25.0 Å². The lowest BCUT2D eigenvalue weighted by molar-refractivity contribution is -0.140. The van der Waals surface area contributed by atoms with Crippen molar-refractivity contribution in [2.45, 2.75) is 32.9 Å². The molecule has 3 aromatic rings. The lowest BCUT2D eigenvalue weighted by Crippen LogP contribution is -2.53. The molecule has 3 rings (SSSR count). The Balaban J connectivity index is 2.05. The lowest BCUT2D eigenvalue weighted by atomic mass is 10.0. The van der Waals surface area contributed by atoms with Gasteiger partial charge in [0, 0.05) is 19.5 Å². The third-order valence-electron chi connectivity index (χ3n) is 6.09. The van der Waals surface area contributed by atoms with Crippen LogP contribution >= 0.6 is 11.6 Å². The highest BCUT2D eigenvalue weighted by atomic mass is 35.5. The Morgan fingerprint density at radius 1 is 0.950 bits per heavy atom. The van der Waals surface area contributed by atoms with E-state index in [0.717, 1.165) is 28.3 Å². The van der Waals surface area contributed by atoms with Gasteiger partial charge in [-0.2, -0.15) is 0 Å². The zero-order valence-corrected chi connectivity index (χ0v) is 24.1. The number of nitrogens with zero attached hydrogens (tertiary/aromatic N) is 2. The van der Waals surface area contributed by atoms with Gasteiger partial charge in [0.15, 0.2) is 0 Å². The molecule has 1 atom stereocenters. The van der Waals surface area contributed by atoms with Crippen LogP contribution in [0.3, 0.4) is 0 Å². The Labute approximate surface area is 238 Å². The second-order valence-electron chi connectivity index (χ2n) is 9.86. The maximum atomic E-state index is 13.9. The Morgan fingerprint density at radius 2 is 1.60 bits per heavy atom.